The van der Waals surface area contributed by atoms with Crippen LogP contribution in [0.5, 0.6) is 0 Å². The van der Waals surface area contributed by atoms with Gasteiger partial charge in [-0.1, -0.05) is 79.2 Å². The zero-order valence-electron chi connectivity index (χ0n) is 35.4. The second kappa shape index (κ2) is 12.1. The van der Waals surface area contributed by atoms with E-state index in [9.17, 15) is 2.74 Å². The van der Waals surface area contributed by atoms with Crippen molar-refractivity contribution in [2.24, 2.45) is 4.99 Å². The number of hydrogen-bond donors (Lipinski definition) is 0. The first-order valence-electron chi connectivity index (χ1n) is 20.0. The third-order valence-corrected chi connectivity index (χ3v) is 11.2. The Kier molecular flexibility index (Phi) is 7.48. The molecule has 6 nitrogen and oxygen atoms in total. The van der Waals surface area contributed by atoms with Crippen LogP contribution in [-0.2, 0) is 28.4 Å². The van der Waals surface area contributed by atoms with Crippen molar-refractivity contribution in [2.75, 3.05) is 0 Å². The molecule has 5 heterocycles. The third kappa shape index (κ3) is 5.95. The first kappa shape index (κ1) is 32.8. The van der Waals surface area contributed by atoms with E-state index >= 15 is 0 Å². The third-order valence-electron chi connectivity index (χ3n) is 11.2. The Morgan fingerprint density at radius 1 is 0.849 bits per heavy atom. The maximum Gasteiger partial charge on any atom is 0.217 e. The predicted octanol–water partition coefficient (Wildman–Crippen LogP) is 11.0. The lowest BCUT2D eigenvalue weighted by molar-refractivity contribution is 0.135. The minimum absolute atomic E-state index is 0.00252. The molecule has 6 aromatic rings. The molecule has 6 heteroatoms. The molecule has 4 aromatic heterocycles. The van der Waals surface area contributed by atoms with Crippen molar-refractivity contribution in [3.05, 3.63) is 117 Å². The molecule has 0 bridgehead atoms. The number of benzene rings is 2. The smallest absolute Gasteiger partial charge is 0.217 e. The highest BCUT2D eigenvalue weighted by Gasteiger charge is 2.47. The summed E-state index contributed by atoms with van der Waals surface area (Å²) in [4.78, 5) is 20.2. The van der Waals surface area contributed by atoms with Crippen LogP contribution in [0.1, 0.15) is 121 Å². The predicted molar refractivity (Wildman–Crippen MR) is 219 cm³/mol. The lowest BCUT2D eigenvalue weighted by Gasteiger charge is -2.36. The van der Waals surface area contributed by atoms with Gasteiger partial charge in [-0.15, -0.1) is 0 Å². The van der Waals surface area contributed by atoms with Gasteiger partial charge in [0.1, 0.15) is 17.5 Å². The van der Waals surface area contributed by atoms with Crippen molar-refractivity contribution in [3.8, 4) is 17.1 Å². The van der Waals surface area contributed by atoms with E-state index in [1.165, 1.54) is 16.7 Å². The number of rotatable bonds is 4. The standard InChI is InChI=1S/C47H53N5O/c1-26(2)36-20-31(44-51-47(12)25-38-34(24-41(47)53-44)28(4)43(29(5)49-38)46(9,10)11)22-42(50-36)52-39-16-13-27(3)19-35(39)33-15-14-30(21-40(33)52)37-23-32(17-18-48-37)45(6,7)8/h13-23,26,41H,24-25H2,1-12H3/t41-,47-/m0/s1/i25D2. The molecule has 0 radical (unpaired) electrons. The van der Waals surface area contributed by atoms with Crippen LogP contribution >= 0.6 is 0 Å². The fourth-order valence-corrected chi connectivity index (χ4v) is 8.48. The number of aryl methyl sites for hydroxylation is 2. The molecular formula is C47H53N5O. The Labute approximate surface area is 317 Å². The summed E-state index contributed by atoms with van der Waals surface area (Å²) in [5, 5.41) is 2.29. The topological polar surface area (TPSA) is 65.2 Å². The quantitative estimate of drug-likeness (QED) is 0.183. The van der Waals surface area contributed by atoms with Crippen LogP contribution in [0.25, 0.3) is 38.9 Å². The molecule has 0 saturated carbocycles. The average molecular weight is 706 g/mol. The Bertz CT molecular complexity index is 2590. The van der Waals surface area contributed by atoms with Gasteiger partial charge in [-0.05, 0) is 109 Å². The molecule has 53 heavy (non-hydrogen) atoms. The molecule has 1 aliphatic carbocycles. The first-order valence-corrected chi connectivity index (χ1v) is 19.0. The monoisotopic (exact) mass is 705 g/mol. The molecule has 0 N–H and O–H groups in total. The molecule has 2 aliphatic rings. The minimum atomic E-state index is -1.85. The van der Waals surface area contributed by atoms with Gasteiger partial charge < -0.3 is 4.74 Å². The van der Waals surface area contributed by atoms with Gasteiger partial charge >= 0.3 is 0 Å². The van der Waals surface area contributed by atoms with E-state index in [4.69, 9.17) is 24.7 Å². The van der Waals surface area contributed by atoms with Gasteiger partial charge in [-0.2, -0.15) is 0 Å². The summed E-state index contributed by atoms with van der Waals surface area (Å²) in [6, 6.07) is 21.6. The van der Waals surface area contributed by atoms with Crippen molar-refractivity contribution in [2.45, 2.75) is 124 Å². The van der Waals surface area contributed by atoms with E-state index in [1.807, 2.05) is 20.0 Å². The van der Waals surface area contributed by atoms with Gasteiger partial charge in [-0.3, -0.25) is 14.5 Å². The summed E-state index contributed by atoms with van der Waals surface area (Å²) in [6.07, 6.45) is 0.0992. The van der Waals surface area contributed by atoms with Crippen LogP contribution in [0.4, 0.5) is 0 Å². The molecule has 0 saturated heterocycles. The van der Waals surface area contributed by atoms with E-state index in [0.29, 0.717) is 18.0 Å². The van der Waals surface area contributed by atoms with Crippen LogP contribution in [0.3, 0.4) is 0 Å². The fourth-order valence-electron chi connectivity index (χ4n) is 8.48. The highest BCUT2D eigenvalue weighted by Crippen LogP contribution is 2.42. The van der Waals surface area contributed by atoms with E-state index < -0.39 is 18.0 Å². The van der Waals surface area contributed by atoms with Crippen molar-refractivity contribution in [3.63, 3.8) is 0 Å². The highest BCUT2D eigenvalue weighted by atomic mass is 16.5. The van der Waals surface area contributed by atoms with Gasteiger partial charge in [0, 0.05) is 60.7 Å². The van der Waals surface area contributed by atoms with Crippen molar-refractivity contribution in [1.29, 1.82) is 0 Å². The van der Waals surface area contributed by atoms with Crippen molar-refractivity contribution in [1.82, 2.24) is 19.5 Å². The number of hydrogen-bond acceptors (Lipinski definition) is 5. The maximum absolute atomic E-state index is 9.60. The molecule has 8 rings (SSSR count). The molecule has 0 amide bonds. The molecule has 1 aliphatic heterocycles. The van der Waals surface area contributed by atoms with Gasteiger partial charge in [0.05, 0.1) is 16.7 Å². The Hall–Kier alpha value is -4.84. The summed E-state index contributed by atoms with van der Waals surface area (Å²) in [6.45, 7) is 25.7. The van der Waals surface area contributed by atoms with Gasteiger partial charge in [0.15, 0.2) is 0 Å². The van der Waals surface area contributed by atoms with Gasteiger partial charge in [0.2, 0.25) is 5.90 Å². The van der Waals surface area contributed by atoms with E-state index in [1.54, 1.807) is 0 Å². The lowest BCUT2D eigenvalue weighted by Crippen LogP contribution is -2.43. The molecular weight excluding hydrogens is 651 g/mol. The number of ether oxygens (including phenoxy) is 1. The molecule has 0 unspecified atom stereocenters. The molecule has 272 valence electrons. The van der Waals surface area contributed by atoms with E-state index in [0.717, 1.165) is 67.0 Å². The number of pyridine rings is 3. The average Bonchev–Trinajstić information content (AvgIpc) is 3.63. The molecule has 2 atom stereocenters. The summed E-state index contributed by atoms with van der Waals surface area (Å²) >= 11 is 0. The van der Waals surface area contributed by atoms with Crippen LogP contribution in [0.15, 0.2) is 71.9 Å². The van der Waals surface area contributed by atoms with E-state index in [-0.39, 0.29) is 16.7 Å². The maximum atomic E-state index is 9.60. The second-order valence-electron chi connectivity index (χ2n) is 17.8. The van der Waals surface area contributed by atoms with Crippen LogP contribution < -0.4 is 0 Å². The molecule has 0 fully saturated rings. The normalized spacial score (nSPS) is 20.2. The SMILES string of the molecule is [2H]C1([2H])c2nc(C)c(C(C)(C)C)c(C)c2C[C@@H]2OC(c3cc(C(C)C)nc(-n4c5ccc(C)cc5c5ccc(-c6cc(C(C)(C)C)ccn6)cc54)c3)=N[C@]21C. The van der Waals surface area contributed by atoms with Crippen LogP contribution in [-0.4, -0.2) is 37.1 Å². The number of nitrogens with zero attached hydrogens (tertiary/aromatic N) is 5. The number of aliphatic imine (C=N–C) groups is 1. The number of fused-ring (bicyclic) bond motifs is 5. The Morgan fingerprint density at radius 2 is 1.62 bits per heavy atom. The van der Waals surface area contributed by atoms with Gasteiger partial charge in [-0.25, -0.2) is 9.98 Å². The summed E-state index contributed by atoms with van der Waals surface area (Å²) < 4.78 is 28.3. The summed E-state index contributed by atoms with van der Waals surface area (Å²) in [5.41, 5.74) is 11.5. The van der Waals surface area contributed by atoms with Crippen molar-refractivity contribution < 1.29 is 7.48 Å². The lowest BCUT2D eigenvalue weighted by atomic mass is 9.74. The highest BCUT2D eigenvalue weighted by molar-refractivity contribution is 6.10. The van der Waals surface area contributed by atoms with Crippen LogP contribution in [0.2, 0.25) is 0 Å². The Morgan fingerprint density at radius 3 is 2.34 bits per heavy atom. The zero-order valence-corrected chi connectivity index (χ0v) is 33.4. The first-order chi connectivity index (χ1) is 25.7. The fraction of sp³-hybridized carbons (Fsp3) is 0.404. The molecule has 2 aromatic carbocycles. The Balaban J connectivity index is 1.30. The number of aromatic nitrogens is 4. The second-order valence-corrected chi connectivity index (χ2v) is 17.8. The molecule has 0 spiro atoms. The van der Waals surface area contributed by atoms with Gasteiger partial charge in [0.25, 0.3) is 0 Å². The largest absolute Gasteiger partial charge is 0.471 e. The zero-order chi connectivity index (χ0) is 39.6. The van der Waals surface area contributed by atoms with Crippen molar-refractivity contribution >= 4 is 27.7 Å². The van der Waals surface area contributed by atoms with Crippen LogP contribution in [0, 0.1) is 20.8 Å². The van der Waals surface area contributed by atoms with E-state index in [2.05, 4.69) is 134 Å². The summed E-state index contributed by atoms with van der Waals surface area (Å²) in [7, 11) is 0. The summed E-state index contributed by atoms with van der Waals surface area (Å²) in [5.74, 6) is 1.33. The minimum Gasteiger partial charge on any atom is -0.471 e.